The van der Waals surface area contributed by atoms with Crippen LogP contribution >= 0.6 is 15.9 Å². The summed E-state index contributed by atoms with van der Waals surface area (Å²) >= 11 is 3.30. The van der Waals surface area contributed by atoms with Crippen LogP contribution in [0.15, 0.2) is 52.6 Å². The second kappa shape index (κ2) is 10.2. The molecule has 172 valence electrons. The Hall–Kier alpha value is -3.86. The largest absolute Gasteiger partial charge is 0.493 e. The number of hydrogen-bond donors (Lipinski definition) is 3. The first-order valence-corrected chi connectivity index (χ1v) is 10.4. The maximum Gasteiger partial charge on any atom is 0.344 e. The van der Waals surface area contributed by atoms with E-state index in [4.69, 9.17) is 14.6 Å². The number of benzene rings is 2. The zero-order chi connectivity index (χ0) is 24.1. The minimum absolute atomic E-state index is 0.0222. The molecule has 2 aromatic carbocycles. The van der Waals surface area contributed by atoms with Gasteiger partial charge in [-0.2, -0.15) is 0 Å². The third-order valence-corrected chi connectivity index (χ3v) is 5.07. The zero-order valence-electron chi connectivity index (χ0n) is 17.6. The highest BCUT2D eigenvalue weighted by molar-refractivity contribution is 9.10. The lowest BCUT2D eigenvalue weighted by atomic mass is 10.1. The number of carbonyl (C=O) groups is 4. The Bertz CT molecular complexity index is 1130. The molecule has 0 aliphatic carbocycles. The number of anilines is 1. The second-order valence-corrected chi connectivity index (χ2v) is 7.86. The average molecular weight is 518 g/mol. The van der Waals surface area contributed by atoms with Crippen molar-refractivity contribution in [2.45, 2.75) is 13.0 Å². The molecule has 10 nitrogen and oxygen atoms in total. The first kappa shape index (κ1) is 23.8. The molecule has 0 unspecified atom stereocenters. The zero-order valence-corrected chi connectivity index (χ0v) is 19.2. The van der Waals surface area contributed by atoms with Crippen molar-refractivity contribution in [3.8, 4) is 11.5 Å². The van der Waals surface area contributed by atoms with E-state index in [-0.39, 0.29) is 17.2 Å². The van der Waals surface area contributed by atoms with Crippen LogP contribution in [0.25, 0.3) is 6.08 Å². The maximum atomic E-state index is 12.7. The van der Waals surface area contributed by atoms with Gasteiger partial charge in [0.05, 0.1) is 7.11 Å². The van der Waals surface area contributed by atoms with E-state index < -0.39 is 36.5 Å². The Kier molecular flexibility index (Phi) is 7.34. The highest BCUT2D eigenvalue weighted by Gasteiger charge is 2.35. The van der Waals surface area contributed by atoms with Crippen molar-refractivity contribution >= 4 is 51.5 Å². The number of carboxylic acids is 1. The number of carboxylic acid groups (broad SMARTS) is 1. The highest BCUT2D eigenvalue weighted by Crippen LogP contribution is 2.30. The third kappa shape index (κ3) is 5.89. The lowest BCUT2D eigenvalue weighted by molar-refractivity contribution is -0.144. The molecule has 3 rings (SSSR count). The summed E-state index contributed by atoms with van der Waals surface area (Å²) in [7, 11) is 1.39. The minimum Gasteiger partial charge on any atom is -0.493 e. The Morgan fingerprint density at radius 3 is 2.52 bits per heavy atom. The summed E-state index contributed by atoms with van der Waals surface area (Å²) < 4.78 is 11.4. The van der Waals surface area contributed by atoms with Crippen molar-refractivity contribution in [3.05, 3.63) is 58.2 Å². The number of urea groups is 1. The van der Waals surface area contributed by atoms with E-state index in [0.29, 0.717) is 11.3 Å². The number of halogens is 1. The van der Waals surface area contributed by atoms with Gasteiger partial charge in [-0.05, 0) is 55.0 Å². The molecular weight excluding hydrogens is 498 g/mol. The van der Waals surface area contributed by atoms with Crippen LogP contribution < -0.4 is 20.1 Å². The third-order valence-electron chi connectivity index (χ3n) is 4.54. The van der Waals surface area contributed by atoms with Gasteiger partial charge in [0.2, 0.25) is 5.91 Å². The summed E-state index contributed by atoms with van der Waals surface area (Å²) in [5, 5.41) is 14.1. The van der Waals surface area contributed by atoms with E-state index >= 15 is 0 Å². The van der Waals surface area contributed by atoms with Crippen molar-refractivity contribution in [2.24, 2.45) is 0 Å². The van der Waals surface area contributed by atoms with Gasteiger partial charge >= 0.3 is 12.0 Å². The number of carbonyl (C=O) groups excluding carboxylic acids is 3. The molecule has 4 amide bonds. The normalized spacial score (nSPS) is 15.2. The highest BCUT2D eigenvalue weighted by atomic mass is 79.9. The first-order valence-electron chi connectivity index (χ1n) is 9.65. The molecule has 1 heterocycles. The lowest BCUT2D eigenvalue weighted by Crippen LogP contribution is -2.38. The smallest absolute Gasteiger partial charge is 0.344 e. The fourth-order valence-electron chi connectivity index (χ4n) is 2.87. The van der Waals surface area contributed by atoms with E-state index in [1.165, 1.54) is 32.2 Å². The average Bonchev–Trinajstić information content (AvgIpc) is 3.03. The van der Waals surface area contributed by atoms with Crippen molar-refractivity contribution < 1.29 is 33.8 Å². The van der Waals surface area contributed by atoms with E-state index in [2.05, 4.69) is 26.6 Å². The number of aliphatic carboxylic acids is 1. The Morgan fingerprint density at radius 1 is 1.18 bits per heavy atom. The molecule has 1 aliphatic heterocycles. The monoisotopic (exact) mass is 517 g/mol. The van der Waals surface area contributed by atoms with Crippen LogP contribution in [0.2, 0.25) is 0 Å². The van der Waals surface area contributed by atoms with Crippen LogP contribution in [-0.4, -0.2) is 53.6 Å². The van der Waals surface area contributed by atoms with Gasteiger partial charge in [-0.15, -0.1) is 0 Å². The molecule has 0 spiro atoms. The summed E-state index contributed by atoms with van der Waals surface area (Å²) in [5.41, 5.74) is 0.996. The van der Waals surface area contributed by atoms with Gasteiger partial charge in [0, 0.05) is 10.2 Å². The molecule has 33 heavy (non-hydrogen) atoms. The van der Waals surface area contributed by atoms with E-state index in [9.17, 15) is 19.2 Å². The Morgan fingerprint density at radius 2 is 1.88 bits per heavy atom. The molecule has 0 bridgehead atoms. The number of nitrogens with one attached hydrogen (secondary N) is 2. The van der Waals surface area contributed by atoms with Gasteiger partial charge in [0.1, 0.15) is 12.2 Å². The number of imide groups is 1. The van der Waals surface area contributed by atoms with Crippen molar-refractivity contribution in [2.75, 3.05) is 19.0 Å². The molecule has 0 aromatic heterocycles. The van der Waals surface area contributed by atoms with Crippen LogP contribution in [0.1, 0.15) is 12.5 Å². The summed E-state index contributed by atoms with van der Waals surface area (Å²) in [5.74, 6) is -1.86. The summed E-state index contributed by atoms with van der Waals surface area (Å²) in [6, 6.07) is 10.7. The molecule has 1 fully saturated rings. The number of ether oxygens (including phenoxy) is 2. The van der Waals surface area contributed by atoms with Crippen molar-refractivity contribution in [3.63, 3.8) is 0 Å². The predicted molar refractivity (Wildman–Crippen MR) is 122 cm³/mol. The van der Waals surface area contributed by atoms with Crippen molar-refractivity contribution in [1.29, 1.82) is 0 Å². The quantitative estimate of drug-likeness (QED) is 0.362. The molecule has 1 saturated heterocycles. The van der Waals surface area contributed by atoms with Gasteiger partial charge in [-0.25, -0.2) is 14.5 Å². The van der Waals surface area contributed by atoms with Gasteiger partial charge < -0.3 is 25.2 Å². The molecular formula is C22H20BrN3O7. The number of amides is 4. The van der Waals surface area contributed by atoms with E-state index in [0.717, 1.165) is 9.37 Å². The SMILES string of the molecule is COc1cc(/C=C2\NC(=O)N(CC(=O)Nc3ccc(Br)cc3)C2=O)ccc1O[C@H](C)C(=O)O. The number of rotatable bonds is 8. The van der Waals surface area contributed by atoms with Gasteiger partial charge in [0.25, 0.3) is 5.91 Å². The van der Waals surface area contributed by atoms with Gasteiger partial charge in [-0.1, -0.05) is 22.0 Å². The molecule has 0 saturated carbocycles. The van der Waals surface area contributed by atoms with Crippen molar-refractivity contribution in [1.82, 2.24) is 10.2 Å². The summed E-state index contributed by atoms with van der Waals surface area (Å²) in [6.45, 7) is 0.924. The van der Waals surface area contributed by atoms with Crippen LogP contribution in [0.3, 0.4) is 0 Å². The van der Waals surface area contributed by atoms with Crippen LogP contribution in [-0.2, 0) is 14.4 Å². The van der Waals surface area contributed by atoms with Crippen LogP contribution in [0.4, 0.5) is 10.5 Å². The molecule has 0 radical (unpaired) electrons. The number of nitrogens with zero attached hydrogens (tertiary/aromatic N) is 1. The van der Waals surface area contributed by atoms with Crippen LogP contribution in [0.5, 0.6) is 11.5 Å². The Labute approximate surface area is 197 Å². The number of methoxy groups -OCH3 is 1. The summed E-state index contributed by atoms with van der Waals surface area (Å²) in [6.07, 6.45) is 0.329. The molecule has 2 aromatic rings. The second-order valence-electron chi connectivity index (χ2n) is 6.94. The molecule has 3 N–H and O–H groups in total. The topological polar surface area (TPSA) is 134 Å². The summed E-state index contributed by atoms with van der Waals surface area (Å²) in [4.78, 5) is 49.0. The minimum atomic E-state index is -1.13. The van der Waals surface area contributed by atoms with Crippen LogP contribution in [0, 0.1) is 0 Å². The van der Waals surface area contributed by atoms with E-state index in [1.807, 2.05) is 0 Å². The first-order chi connectivity index (χ1) is 15.7. The lowest BCUT2D eigenvalue weighted by Gasteiger charge is -2.14. The standard InChI is InChI=1S/C22H20BrN3O7/c1-12(21(29)30)33-17-8-3-13(10-18(17)32-2)9-16-20(28)26(22(31)25-16)11-19(27)24-15-6-4-14(23)5-7-15/h3-10,12H,11H2,1-2H3,(H,24,27)(H,25,31)(H,29,30)/b16-9-/t12-/m1/s1. The molecule has 1 atom stereocenters. The number of hydrogen-bond acceptors (Lipinski definition) is 6. The molecule has 11 heteroatoms. The fraction of sp³-hybridized carbons (Fsp3) is 0.182. The predicted octanol–water partition coefficient (Wildman–Crippen LogP) is 2.84. The Balaban J connectivity index is 1.71. The van der Waals surface area contributed by atoms with Gasteiger partial charge in [0.15, 0.2) is 17.6 Å². The van der Waals surface area contributed by atoms with E-state index in [1.54, 1.807) is 30.3 Å². The fourth-order valence-corrected chi connectivity index (χ4v) is 3.14. The van der Waals surface area contributed by atoms with Gasteiger partial charge in [-0.3, -0.25) is 9.59 Å². The molecule has 1 aliphatic rings. The maximum absolute atomic E-state index is 12.7.